The van der Waals surface area contributed by atoms with Crippen LogP contribution in [0.25, 0.3) is 27.8 Å². The molecule has 0 spiro atoms. The summed E-state index contributed by atoms with van der Waals surface area (Å²) >= 11 is 6.10. The Morgan fingerprint density at radius 3 is 2.47 bits per heavy atom. The molecular formula is C26H17ClF2N4O. The molecule has 5 rings (SSSR count). The van der Waals surface area contributed by atoms with Crippen LogP contribution in [0.5, 0.6) is 0 Å². The Kier molecular flexibility index (Phi) is 5.55. The van der Waals surface area contributed by atoms with Gasteiger partial charge in [-0.2, -0.15) is 5.10 Å². The Morgan fingerprint density at radius 2 is 1.71 bits per heavy atom. The molecule has 168 valence electrons. The van der Waals surface area contributed by atoms with Gasteiger partial charge in [0.05, 0.1) is 45.1 Å². The second-order valence-electron chi connectivity index (χ2n) is 7.68. The number of hydrogen-bond acceptors (Lipinski definition) is 3. The molecule has 0 saturated heterocycles. The van der Waals surface area contributed by atoms with Crippen molar-refractivity contribution < 1.29 is 13.6 Å². The minimum absolute atomic E-state index is 0.100. The highest BCUT2D eigenvalue weighted by atomic mass is 35.5. The SMILES string of the molecule is Cc1c(-c2cc(C(=O)Nc3ccc(F)cc3Cl)c3ccccc3n2)cnn1-c1ccc(F)cc1. The number of fused-ring (bicyclic) bond motifs is 1. The van der Waals surface area contributed by atoms with Crippen LogP contribution in [0.15, 0.2) is 79.0 Å². The summed E-state index contributed by atoms with van der Waals surface area (Å²) in [5, 5.41) is 7.95. The number of rotatable bonds is 4. The Bertz CT molecular complexity index is 1550. The van der Waals surface area contributed by atoms with E-state index < -0.39 is 11.7 Å². The van der Waals surface area contributed by atoms with Gasteiger partial charge in [-0.25, -0.2) is 18.4 Å². The maximum absolute atomic E-state index is 13.4. The fraction of sp³-hybridized carbons (Fsp3) is 0.0385. The smallest absolute Gasteiger partial charge is 0.256 e. The van der Waals surface area contributed by atoms with Crippen LogP contribution in [0.2, 0.25) is 5.02 Å². The van der Waals surface area contributed by atoms with Crippen LogP contribution in [0.4, 0.5) is 14.5 Å². The predicted molar refractivity (Wildman–Crippen MR) is 128 cm³/mol. The molecule has 0 aliphatic carbocycles. The number of nitrogens with zero attached hydrogens (tertiary/aromatic N) is 3. The van der Waals surface area contributed by atoms with Crippen molar-refractivity contribution in [2.45, 2.75) is 6.92 Å². The van der Waals surface area contributed by atoms with Gasteiger partial charge in [0.2, 0.25) is 0 Å². The average Bonchev–Trinajstić information content (AvgIpc) is 3.21. The summed E-state index contributed by atoms with van der Waals surface area (Å²) in [6.07, 6.45) is 1.66. The highest BCUT2D eigenvalue weighted by molar-refractivity contribution is 6.34. The molecule has 5 aromatic rings. The summed E-state index contributed by atoms with van der Waals surface area (Å²) in [4.78, 5) is 18.0. The number of amides is 1. The lowest BCUT2D eigenvalue weighted by molar-refractivity contribution is 0.102. The lowest BCUT2D eigenvalue weighted by Gasteiger charge is -2.12. The molecule has 3 aromatic carbocycles. The lowest BCUT2D eigenvalue weighted by Crippen LogP contribution is -2.13. The van der Waals surface area contributed by atoms with Crippen molar-refractivity contribution in [3.63, 3.8) is 0 Å². The van der Waals surface area contributed by atoms with Gasteiger partial charge in [0.25, 0.3) is 5.91 Å². The molecule has 2 heterocycles. The van der Waals surface area contributed by atoms with Gasteiger partial charge >= 0.3 is 0 Å². The van der Waals surface area contributed by atoms with Gasteiger partial charge in [0.15, 0.2) is 0 Å². The van der Waals surface area contributed by atoms with E-state index in [-0.39, 0.29) is 10.8 Å². The monoisotopic (exact) mass is 474 g/mol. The third kappa shape index (κ3) is 4.02. The molecular weight excluding hydrogens is 458 g/mol. The molecule has 0 atom stereocenters. The number of carbonyl (C=O) groups is 1. The Morgan fingerprint density at radius 1 is 0.971 bits per heavy atom. The highest BCUT2D eigenvalue weighted by Crippen LogP contribution is 2.30. The van der Waals surface area contributed by atoms with Gasteiger partial charge in [-0.15, -0.1) is 0 Å². The molecule has 0 radical (unpaired) electrons. The molecule has 0 fully saturated rings. The van der Waals surface area contributed by atoms with E-state index in [2.05, 4.69) is 10.4 Å². The van der Waals surface area contributed by atoms with Crippen molar-refractivity contribution in [3.8, 4) is 16.9 Å². The van der Waals surface area contributed by atoms with Crippen LogP contribution in [-0.2, 0) is 0 Å². The van der Waals surface area contributed by atoms with Crippen LogP contribution < -0.4 is 5.32 Å². The Balaban J connectivity index is 1.59. The number of benzene rings is 3. The van der Waals surface area contributed by atoms with Gasteiger partial charge in [-0.1, -0.05) is 29.8 Å². The Labute approximate surface area is 198 Å². The van der Waals surface area contributed by atoms with E-state index >= 15 is 0 Å². The van der Waals surface area contributed by atoms with Crippen LogP contribution in [0.1, 0.15) is 16.1 Å². The second-order valence-corrected chi connectivity index (χ2v) is 8.09. The number of pyridine rings is 1. The fourth-order valence-corrected chi connectivity index (χ4v) is 4.00. The predicted octanol–water partition coefficient (Wildman–Crippen LogP) is 6.58. The number of hydrogen-bond donors (Lipinski definition) is 1. The van der Waals surface area contributed by atoms with Crippen LogP contribution in [-0.4, -0.2) is 20.7 Å². The molecule has 0 saturated carbocycles. The van der Waals surface area contributed by atoms with E-state index in [1.807, 2.05) is 31.2 Å². The molecule has 0 bridgehead atoms. The fourth-order valence-electron chi connectivity index (χ4n) is 3.79. The van der Waals surface area contributed by atoms with Gasteiger partial charge < -0.3 is 5.32 Å². The first-order valence-electron chi connectivity index (χ1n) is 10.4. The van der Waals surface area contributed by atoms with Gasteiger partial charge in [0.1, 0.15) is 11.6 Å². The third-order valence-corrected chi connectivity index (χ3v) is 5.81. The zero-order chi connectivity index (χ0) is 23.8. The van der Waals surface area contributed by atoms with Gasteiger partial charge in [-0.05, 0) is 61.5 Å². The molecule has 0 aliphatic rings. The highest BCUT2D eigenvalue weighted by Gasteiger charge is 2.18. The van der Waals surface area contributed by atoms with E-state index in [0.717, 1.165) is 17.3 Å². The van der Waals surface area contributed by atoms with Crippen molar-refractivity contribution in [3.05, 3.63) is 107 Å². The number of para-hydroxylation sites is 1. The van der Waals surface area contributed by atoms with E-state index in [0.29, 0.717) is 33.5 Å². The quantitative estimate of drug-likeness (QED) is 0.320. The third-order valence-electron chi connectivity index (χ3n) is 5.50. The molecule has 0 unspecified atom stereocenters. The number of halogens is 3. The summed E-state index contributed by atoms with van der Waals surface area (Å²) < 4.78 is 28.4. The topological polar surface area (TPSA) is 59.8 Å². The van der Waals surface area contributed by atoms with Crippen molar-refractivity contribution in [2.24, 2.45) is 0 Å². The largest absolute Gasteiger partial charge is 0.321 e. The van der Waals surface area contributed by atoms with Crippen molar-refractivity contribution in [1.82, 2.24) is 14.8 Å². The van der Waals surface area contributed by atoms with Crippen LogP contribution in [0, 0.1) is 18.6 Å². The minimum Gasteiger partial charge on any atom is -0.321 e. The lowest BCUT2D eigenvalue weighted by atomic mass is 10.0. The van der Waals surface area contributed by atoms with E-state index in [1.54, 1.807) is 29.1 Å². The normalized spacial score (nSPS) is 11.1. The molecule has 5 nitrogen and oxygen atoms in total. The van der Waals surface area contributed by atoms with Gasteiger partial charge in [0, 0.05) is 10.9 Å². The number of aromatic nitrogens is 3. The van der Waals surface area contributed by atoms with Gasteiger partial charge in [-0.3, -0.25) is 4.79 Å². The summed E-state index contributed by atoms with van der Waals surface area (Å²) in [5.74, 6) is -1.23. The zero-order valence-electron chi connectivity index (χ0n) is 17.9. The maximum Gasteiger partial charge on any atom is 0.256 e. The summed E-state index contributed by atoms with van der Waals surface area (Å²) in [6, 6.07) is 18.8. The Hall–Kier alpha value is -4.10. The average molecular weight is 475 g/mol. The maximum atomic E-state index is 13.4. The minimum atomic E-state index is -0.492. The first-order chi connectivity index (χ1) is 16.4. The van der Waals surface area contributed by atoms with Crippen molar-refractivity contribution in [1.29, 1.82) is 0 Å². The van der Waals surface area contributed by atoms with Crippen molar-refractivity contribution >= 4 is 34.1 Å². The molecule has 1 N–H and O–H groups in total. The van der Waals surface area contributed by atoms with E-state index in [1.165, 1.54) is 24.3 Å². The van der Waals surface area contributed by atoms with E-state index in [9.17, 15) is 13.6 Å². The summed E-state index contributed by atoms with van der Waals surface area (Å²) in [5.41, 5.74) is 4.08. The van der Waals surface area contributed by atoms with Crippen LogP contribution in [0.3, 0.4) is 0 Å². The van der Waals surface area contributed by atoms with E-state index in [4.69, 9.17) is 16.6 Å². The van der Waals surface area contributed by atoms with Crippen molar-refractivity contribution in [2.75, 3.05) is 5.32 Å². The molecule has 2 aromatic heterocycles. The molecule has 0 aliphatic heterocycles. The summed E-state index contributed by atoms with van der Waals surface area (Å²) in [7, 11) is 0. The molecule has 1 amide bonds. The zero-order valence-corrected chi connectivity index (χ0v) is 18.6. The number of carbonyl (C=O) groups excluding carboxylic acids is 1. The van der Waals surface area contributed by atoms with Crippen LogP contribution >= 0.6 is 11.6 Å². The number of anilines is 1. The molecule has 34 heavy (non-hydrogen) atoms. The molecule has 8 heteroatoms. The number of nitrogens with one attached hydrogen (secondary N) is 1. The second kappa shape index (κ2) is 8.68. The first kappa shape index (κ1) is 21.7. The summed E-state index contributed by atoms with van der Waals surface area (Å²) in [6.45, 7) is 1.88. The standard InChI is InChI=1S/C26H17ClF2N4O/c1-15-21(14-30-33(15)18-9-6-16(28)7-10-18)25-13-20(19-4-2-3-5-23(19)31-25)26(34)32-24-11-8-17(29)12-22(24)27/h2-14H,1H3,(H,32,34). The first-order valence-corrected chi connectivity index (χ1v) is 10.8.